The average molecular weight is 688 g/mol. The molecule has 8 N–H and O–H groups in total. The Kier molecular flexibility index (Phi) is 34.3. The van der Waals surface area contributed by atoms with Crippen LogP contribution in [0.15, 0.2) is 36.4 Å². The Morgan fingerprint density at radius 2 is 1.59 bits per heavy atom. The van der Waals surface area contributed by atoms with E-state index in [1.165, 1.54) is 30.2 Å². The number of aliphatic hydroxyl groups excluding tert-OH is 1. The summed E-state index contributed by atoms with van der Waals surface area (Å²) in [6, 6.07) is 12.4. The van der Waals surface area contributed by atoms with Crippen molar-refractivity contribution in [2.24, 2.45) is 11.7 Å². The number of unbranched alkanes of at least 4 members (excludes halogenated alkanes) is 1. The molecule has 0 saturated carbocycles. The van der Waals surface area contributed by atoms with Crippen molar-refractivity contribution in [1.82, 2.24) is 10.2 Å². The van der Waals surface area contributed by atoms with E-state index in [-0.39, 0.29) is 18.9 Å². The number of nitrogens with two attached hydrogens (primary N) is 1. The van der Waals surface area contributed by atoms with E-state index in [0.717, 1.165) is 61.7 Å². The summed E-state index contributed by atoms with van der Waals surface area (Å²) in [7, 11) is 8.30. The summed E-state index contributed by atoms with van der Waals surface area (Å²) >= 11 is 0. The number of aldehydes is 3. The molecule has 14 heteroatoms. The van der Waals surface area contributed by atoms with E-state index in [1.54, 1.807) is 14.2 Å². The van der Waals surface area contributed by atoms with E-state index in [4.69, 9.17) is 20.7 Å². The van der Waals surface area contributed by atoms with E-state index in [9.17, 15) is 19.2 Å². The molecule has 1 aliphatic heterocycles. The number of likely N-dealkylation sites (tertiary alicyclic amines) is 1. The van der Waals surface area contributed by atoms with Crippen LogP contribution >= 0.6 is 0 Å². The number of carbonyl (C=O) groups excluding carboxylic acids is 5. The van der Waals surface area contributed by atoms with Crippen LogP contribution in [0.5, 0.6) is 0 Å². The van der Waals surface area contributed by atoms with Crippen molar-refractivity contribution in [1.29, 1.82) is 10.8 Å². The molecule has 1 fully saturated rings. The van der Waals surface area contributed by atoms with Gasteiger partial charge in [0.05, 0.1) is 6.54 Å². The highest BCUT2D eigenvalue weighted by atomic mass is 16.4. The van der Waals surface area contributed by atoms with Gasteiger partial charge in [0, 0.05) is 77.3 Å². The van der Waals surface area contributed by atoms with E-state index < -0.39 is 0 Å². The molecule has 0 unspecified atom stereocenters. The molecule has 2 aromatic rings. The first-order valence-corrected chi connectivity index (χ1v) is 15.6. The van der Waals surface area contributed by atoms with Crippen molar-refractivity contribution in [2.75, 3.05) is 72.2 Å². The Hall–Kier alpha value is -4.79. The van der Waals surface area contributed by atoms with E-state index in [0.29, 0.717) is 38.0 Å². The Morgan fingerprint density at radius 3 is 2.08 bits per heavy atom. The second-order valence-corrected chi connectivity index (χ2v) is 10.1. The fourth-order valence-corrected chi connectivity index (χ4v) is 4.55. The summed E-state index contributed by atoms with van der Waals surface area (Å²) in [5.74, 6) is 0.479. The largest absolute Gasteiger partial charge is 0.400 e. The van der Waals surface area contributed by atoms with Crippen molar-refractivity contribution in [3.63, 3.8) is 0 Å². The van der Waals surface area contributed by atoms with Gasteiger partial charge in [0.2, 0.25) is 12.3 Å². The van der Waals surface area contributed by atoms with Gasteiger partial charge >= 0.3 is 0 Å². The fourth-order valence-electron chi connectivity index (χ4n) is 4.55. The highest BCUT2D eigenvalue weighted by Gasteiger charge is 2.21. The van der Waals surface area contributed by atoms with Gasteiger partial charge in [-0.3, -0.25) is 9.59 Å². The van der Waals surface area contributed by atoms with Crippen LogP contribution in [0.25, 0.3) is 11.1 Å². The third-order valence-corrected chi connectivity index (χ3v) is 6.75. The number of hydrogen-bond donors (Lipinski definition) is 7. The number of carbonyl (C=O) groups is 5. The van der Waals surface area contributed by atoms with Gasteiger partial charge in [0.15, 0.2) is 0 Å². The third kappa shape index (κ3) is 22.4. The lowest BCUT2D eigenvalue weighted by Gasteiger charge is -2.30. The predicted molar refractivity (Wildman–Crippen MR) is 198 cm³/mol. The molecule has 3 rings (SSSR count). The maximum absolute atomic E-state index is 11.9. The van der Waals surface area contributed by atoms with Gasteiger partial charge in [-0.1, -0.05) is 24.3 Å². The molecule has 274 valence electrons. The topological polar surface area (TPSA) is 228 Å². The molecule has 14 nitrogen and oxygen atoms in total. The lowest BCUT2D eigenvalue weighted by molar-refractivity contribution is -0.122. The number of anilines is 2. The first-order valence-electron chi connectivity index (χ1n) is 15.6. The maximum Gasteiger partial charge on any atom is 0.222 e. The van der Waals surface area contributed by atoms with Gasteiger partial charge in [0.25, 0.3) is 0 Å². The standard InChI is InChI=1S/C26H35N5O2.C4H6O2.C2H6O.CH3NO.CH3N.CH4O/c1-28-25-17-20(6-7-21(25)18-27)22-4-3-5-24(29-11-8-26(33)30-12-15-32)23(22)16-19-9-13-31(2)14-10-19;5-3-1-2-4-6;1-3-2;2-1-3;2*1-2/h3-7,15,17-19,27-29H,8-14,16H2,1-2H3,(H,30,33);3-4H,1-2H2;1-2H3;1H,(H2,2,3);2H,1H2;2H,1H3. The number of rotatable bonds is 14. The zero-order valence-electron chi connectivity index (χ0n) is 29.6. The number of nitrogens with zero attached hydrogens (tertiary/aromatic N) is 1. The number of hydrogen-bond acceptors (Lipinski definition) is 12. The number of piperidine rings is 1. The van der Waals surface area contributed by atoms with E-state index >= 15 is 0 Å². The van der Waals surface area contributed by atoms with Crippen molar-refractivity contribution in [2.45, 2.75) is 38.5 Å². The molecular formula is C35H57N7O7. The smallest absolute Gasteiger partial charge is 0.222 e. The van der Waals surface area contributed by atoms with Gasteiger partial charge in [-0.2, -0.15) is 0 Å². The van der Waals surface area contributed by atoms with Crippen LogP contribution in [-0.4, -0.2) is 116 Å². The quantitative estimate of drug-likeness (QED) is 0.0873. The number of ether oxygens (including phenoxy) is 1. The van der Waals surface area contributed by atoms with Crippen molar-refractivity contribution >= 4 is 55.5 Å². The van der Waals surface area contributed by atoms with Crippen LogP contribution in [0.3, 0.4) is 0 Å². The molecule has 1 saturated heterocycles. The van der Waals surface area contributed by atoms with Crippen molar-refractivity contribution in [3.05, 3.63) is 47.5 Å². The highest BCUT2D eigenvalue weighted by molar-refractivity contribution is 5.89. The molecule has 0 aromatic heterocycles. The molecule has 2 amide bonds. The monoisotopic (exact) mass is 687 g/mol. The number of amides is 2. The van der Waals surface area contributed by atoms with Crippen LogP contribution in [-0.2, 0) is 35.1 Å². The predicted octanol–water partition coefficient (Wildman–Crippen LogP) is 2.80. The van der Waals surface area contributed by atoms with Gasteiger partial charge in [-0.25, -0.2) is 0 Å². The van der Waals surface area contributed by atoms with Gasteiger partial charge in [0.1, 0.15) is 18.9 Å². The molecule has 0 bridgehead atoms. The third-order valence-electron chi connectivity index (χ3n) is 6.75. The summed E-state index contributed by atoms with van der Waals surface area (Å²) in [5, 5.41) is 29.4. The first-order chi connectivity index (χ1) is 23.8. The molecule has 0 spiro atoms. The number of benzene rings is 2. The van der Waals surface area contributed by atoms with Crippen LogP contribution in [0.4, 0.5) is 11.4 Å². The van der Waals surface area contributed by atoms with Gasteiger partial charge < -0.3 is 61.6 Å². The van der Waals surface area contributed by atoms with Crippen molar-refractivity contribution in [3.8, 4) is 11.1 Å². The molecule has 0 atom stereocenters. The lowest BCUT2D eigenvalue weighted by atomic mass is 9.86. The molecule has 0 radical (unpaired) electrons. The SMILES string of the molecule is C=N.CNc1cc(-c2cccc(NCCC(=O)NCC=O)c2CC2CCN(C)CC2)ccc1C=N.CO.COC.NC=O.O=CCCC=O. The zero-order chi connectivity index (χ0) is 37.9. The first kappa shape index (κ1) is 48.6. The molecule has 2 aromatic carbocycles. The Bertz CT molecular complexity index is 1180. The summed E-state index contributed by atoms with van der Waals surface area (Å²) in [5.41, 5.74) is 10.6. The molecule has 0 aliphatic carbocycles. The molecule has 49 heavy (non-hydrogen) atoms. The fraction of sp³-hybridized carbons (Fsp3) is 0.457. The van der Waals surface area contributed by atoms with Gasteiger partial charge in [-0.15, -0.1) is 0 Å². The number of nitrogens with one attached hydrogen (secondary N) is 5. The summed E-state index contributed by atoms with van der Waals surface area (Å²) in [6.07, 6.45) is 8.13. The Labute approximate surface area is 291 Å². The van der Waals surface area contributed by atoms with Crippen molar-refractivity contribution < 1.29 is 33.8 Å². The molecule has 1 heterocycles. The number of primary amides is 1. The average Bonchev–Trinajstić information content (AvgIpc) is 3.13. The molecular weight excluding hydrogens is 630 g/mol. The lowest BCUT2D eigenvalue weighted by Crippen LogP contribution is -2.31. The van der Waals surface area contributed by atoms with E-state index in [2.05, 4.69) is 69.4 Å². The minimum absolute atomic E-state index is 0.0508. The van der Waals surface area contributed by atoms with Crippen LogP contribution in [0.1, 0.15) is 43.2 Å². The number of aliphatic hydroxyl groups is 1. The van der Waals surface area contributed by atoms with Crippen LogP contribution in [0, 0.1) is 16.7 Å². The second kappa shape index (κ2) is 34.5. The second-order valence-electron chi connectivity index (χ2n) is 10.1. The zero-order valence-corrected chi connectivity index (χ0v) is 29.6. The normalized spacial score (nSPS) is 11.5. The summed E-state index contributed by atoms with van der Waals surface area (Å²) in [6.45, 7) is 5.28. The molecule has 1 aliphatic rings. The number of methoxy groups -OCH3 is 1. The van der Waals surface area contributed by atoms with E-state index in [1.807, 2.05) is 19.2 Å². The maximum atomic E-state index is 11.9. The van der Waals surface area contributed by atoms with Crippen LogP contribution < -0.4 is 21.7 Å². The Balaban J connectivity index is -0.00000112. The highest BCUT2D eigenvalue weighted by Crippen LogP contribution is 2.35. The Morgan fingerprint density at radius 1 is 1.02 bits per heavy atom. The summed E-state index contributed by atoms with van der Waals surface area (Å²) < 4.78 is 4.25. The van der Waals surface area contributed by atoms with Crippen LogP contribution in [0.2, 0.25) is 0 Å². The minimum Gasteiger partial charge on any atom is -0.400 e. The van der Waals surface area contributed by atoms with Gasteiger partial charge in [-0.05, 0) is 80.9 Å². The summed E-state index contributed by atoms with van der Waals surface area (Å²) in [4.78, 5) is 52.1. The minimum atomic E-state index is -0.136.